The van der Waals surface area contributed by atoms with Crippen LogP contribution in [0.2, 0.25) is 0 Å². The van der Waals surface area contributed by atoms with Crippen molar-refractivity contribution in [1.29, 1.82) is 0 Å². The van der Waals surface area contributed by atoms with Crippen molar-refractivity contribution in [3.8, 4) is 0 Å². The summed E-state index contributed by atoms with van der Waals surface area (Å²) in [6, 6.07) is 7.61. The van der Waals surface area contributed by atoms with Crippen LogP contribution in [0.3, 0.4) is 0 Å². The quantitative estimate of drug-likeness (QED) is 0.931. The van der Waals surface area contributed by atoms with Gasteiger partial charge in [-0.15, -0.1) is 0 Å². The summed E-state index contributed by atoms with van der Waals surface area (Å²) in [7, 11) is 0. The van der Waals surface area contributed by atoms with Crippen molar-refractivity contribution >= 4 is 28.9 Å². The van der Waals surface area contributed by atoms with Crippen LogP contribution in [0.15, 0.2) is 29.3 Å². The standard InChI is InChI=1S/C17H21N3O2/c1-11(2)18-16(21)10-20-15-9-4-3-7-14(15)19-13-8-5-6-12(13)17(20)22/h3-4,7,9,11-12H,5-6,8,10H2,1-2H3,(H,18,21). The molecule has 1 aromatic rings. The number of carbonyl (C=O) groups excluding carboxylic acids is 2. The van der Waals surface area contributed by atoms with Gasteiger partial charge in [0.25, 0.3) is 0 Å². The molecule has 0 spiro atoms. The van der Waals surface area contributed by atoms with Gasteiger partial charge < -0.3 is 10.2 Å². The Bertz CT molecular complexity index is 637. The Morgan fingerprint density at radius 3 is 2.95 bits per heavy atom. The van der Waals surface area contributed by atoms with Gasteiger partial charge in [0.1, 0.15) is 6.54 Å². The van der Waals surface area contributed by atoms with E-state index in [4.69, 9.17) is 4.99 Å². The summed E-state index contributed by atoms with van der Waals surface area (Å²) in [5, 5.41) is 2.85. The number of rotatable bonds is 3. The average molecular weight is 299 g/mol. The lowest BCUT2D eigenvalue weighted by Crippen LogP contribution is -2.45. The monoisotopic (exact) mass is 299 g/mol. The summed E-state index contributed by atoms with van der Waals surface area (Å²) in [6.45, 7) is 3.87. The van der Waals surface area contributed by atoms with Crippen LogP contribution in [-0.4, -0.2) is 30.1 Å². The zero-order chi connectivity index (χ0) is 15.7. The van der Waals surface area contributed by atoms with Crippen molar-refractivity contribution in [2.45, 2.75) is 39.2 Å². The summed E-state index contributed by atoms with van der Waals surface area (Å²) in [4.78, 5) is 31.3. The van der Waals surface area contributed by atoms with Crippen molar-refractivity contribution in [3.05, 3.63) is 24.3 Å². The van der Waals surface area contributed by atoms with Crippen molar-refractivity contribution in [2.24, 2.45) is 10.9 Å². The van der Waals surface area contributed by atoms with E-state index in [0.717, 1.165) is 36.3 Å². The number of nitrogens with zero attached hydrogens (tertiary/aromatic N) is 2. The molecule has 1 N–H and O–H groups in total. The summed E-state index contributed by atoms with van der Waals surface area (Å²) in [6.07, 6.45) is 2.69. The summed E-state index contributed by atoms with van der Waals surface area (Å²) in [5.74, 6) is -0.307. The molecule has 1 aliphatic heterocycles. The molecule has 1 aliphatic carbocycles. The fraction of sp³-hybridized carbons (Fsp3) is 0.471. The first kappa shape index (κ1) is 14.8. The molecule has 116 valence electrons. The number of hydrogen-bond donors (Lipinski definition) is 1. The van der Waals surface area contributed by atoms with Crippen LogP contribution in [0.4, 0.5) is 11.4 Å². The molecule has 2 amide bonds. The van der Waals surface area contributed by atoms with Crippen molar-refractivity contribution in [1.82, 2.24) is 5.32 Å². The van der Waals surface area contributed by atoms with E-state index in [-0.39, 0.29) is 30.3 Å². The van der Waals surface area contributed by atoms with E-state index >= 15 is 0 Å². The third-order valence-electron chi connectivity index (χ3n) is 4.08. The maximum atomic E-state index is 12.9. The molecule has 5 heteroatoms. The van der Waals surface area contributed by atoms with Gasteiger partial charge in [-0.25, -0.2) is 0 Å². The molecule has 1 unspecified atom stereocenters. The predicted octanol–water partition coefficient (Wildman–Crippen LogP) is 2.43. The van der Waals surface area contributed by atoms with Crippen LogP contribution in [0.1, 0.15) is 33.1 Å². The topological polar surface area (TPSA) is 61.8 Å². The first-order valence-corrected chi connectivity index (χ1v) is 7.83. The molecule has 1 fully saturated rings. The van der Waals surface area contributed by atoms with Crippen LogP contribution >= 0.6 is 0 Å². The van der Waals surface area contributed by atoms with Crippen LogP contribution < -0.4 is 10.2 Å². The van der Waals surface area contributed by atoms with Crippen molar-refractivity contribution < 1.29 is 9.59 Å². The minimum Gasteiger partial charge on any atom is -0.352 e. The Morgan fingerprint density at radius 1 is 1.41 bits per heavy atom. The molecule has 1 heterocycles. The lowest BCUT2D eigenvalue weighted by Gasteiger charge is -2.24. The number of hydrogen-bond acceptors (Lipinski definition) is 3. The molecule has 3 rings (SSSR count). The first-order chi connectivity index (χ1) is 10.6. The number of anilines is 1. The minimum atomic E-state index is -0.167. The molecule has 1 atom stereocenters. The number of fused-ring (bicyclic) bond motifs is 2. The fourth-order valence-corrected chi connectivity index (χ4v) is 3.15. The maximum Gasteiger partial charge on any atom is 0.240 e. The van der Waals surface area contributed by atoms with Crippen molar-refractivity contribution in [2.75, 3.05) is 11.4 Å². The van der Waals surface area contributed by atoms with Gasteiger partial charge in [-0.3, -0.25) is 14.6 Å². The van der Waals surface area contributed by atoms with Crippen LogP contribution in [-0.2, 0) is 9.59 Å². The van der Waals surface area contributed by atoms with Crippen molar-refractivity contribution in [3.63, 3.8) is 0 Å². The molecule has 1 aromatic carbocycles. The highest BCUT2D eigenvalue weighted by Gasteiger charge is 2.36. The number of amides is 2. The van der Waals surface area contributed by atoms with Crippen LogP contribution in [0.25, 0.3) is 0 Å². The summed E-state index contributed by atoms with van der Waals surface area (Å²) < 4.78 is 0. The first-order valence-electron chi connectivity index (χ1n) is 7.83. The zero-order valence-electron chi connectivity index (χ0n) is 13.0. The van der Waals surface area contributed by atoms with E-state index in [1.807, 2.05) is 38.1 Å². The third-order valence-corrected chi connectivity index (χ3v) is 4.08. The van der Waals surface area contributed by atoms with E-state index in [9.17, 15) is 9.59 Å². The fourth-order valence-electron chi connectivity index (χ4n) is 3.15. The van der Waals surface area contributed by atoms with E-state index < -0.39 is 0 Å². The normalized spacial score (nSPS) is 20.3. The van der Waals surface area contributed by atoms with Gasteiger partial charge in [-0.05, 0) is 45.2 Å². The second-order valence-corrected chi connectivity index (χ2v) is 6.18. The van der Waals surface area contributed by atoms with Gasteiger partial charge in [-0.2, -0.15) is 0 Å². The number of benzene rings is 1. The van der Waals surface area contributed by atoms with E-state index in [2.05, 4.69) is 5.32 Å². The molecule has 0 bridgehead atoms. The number of para-hydroxylation sites is 2. The largest absolute Gasteiger partial charge is 0.352 e. The molecule has 22 heavy (non-hydrogen) atoms. The predicted molar refractivity (Wildman–Crippen MR) is 86.5 cm³/mol. The third kappa shape index (κ3) is 2.75. The summed E-state index contributed by atoms with van der Waals surface area (Å²) >= 11 is 0. The Morgan fingerprint density at radius 2 is 2.18 bits per heavy atom. The molecular weight excluding hydrogens is 278 g/mol. The number of carbonyl (C=O) groups is 2. The Balaban J connectivity index is 1.95. The molecule has 2 aliphatic rings. The molecule has 0 saturated heterocycles. The van der Waals surface area contributed by atoms with Gasteiger partial charge in [0.05, 0.1) is 17.3 Å². The SMILES string of the molecule is CC(C)NC(=O)CN1C(=O)C2CCCC2=Nc2ccccc21. The lowest BCUT2D eigenvalue weighted by molar-refractivity contribution is -0.125. The Kier molecular flexibility index (Phi) is 3.96. The Hall–Kier alpha value is -2.17. The van der Waals surface area contributed by atoms with E-state index in [0.29, 0.717) is 0 Å². The molecule has 0 radical (unpaired) electrons. The average Bonchev–Trinajstić information content (AvgIpc) is 2.88. The number of aliphatic imine (C=N–C) groups is 1. The zero-order valence-corrected chi connectivity index (χ0v) is 13.0. The molecule has 5 nitrogen and oxygen atoms in total. The van der Waals surface area contributed by atoms with Gasteiger partial charge in [-0.1, -0.05) is 12.1 Å². The van der Waals surface area contributed by atoms with Crippen LogP contribution in [0, 0.1) is 5.92 Å². The summed E-state index contributed by atoms with van der Waals surface area (Å²) in [5.41, 5.74) is 2.48. The van der Waals surface area contributed by atoms with Gasteiger partial charge in [0.15, 0.2) is 0 Å². The smallest absolute Gasteiger partial charge is 0.240 e. The van der Waals surface area contributed by atoms with E-state index in [1.54, 1.807) is 4.90 Å². The number of nitrogens with one attached hydrogen (secondary N) is 1. The minimum absolute atomic E-state index is 0.0000983. The van der Waals surface area contributed by atoms with Gasteiger partial charge in [0, 0.05) is 11.8 Å². The van der Waals surface area contributed by atoms with E-state index in [1.165, 1.54) is 0 Å². The second-order valence-electron chi connectivity index (χ2n) is 6.18. The highest BCUT2D eigenvalue weighted by molar-refractivity contribution is 6.16. The highest BCUT2D eigenvalue weighted by atomic mass is 16.2. The van der Waals surface area contributed by atoms with Gasteiger partial charge >= 0.3 is 0 Å². The lowest BCUT2D eigenvalue weighted by atomic mass is 10.1. The highest BCUT2D eigenvalue weighted by Crippen LogP contribution is 2.37. The van der Waals surface area contributed by atoms with Gasteiger partial charge in [0.2, 0.25) is 11.8 Å². The molecule has 1 saturated carbocycles. The molecular formula is C17H21N3O2. The maximum absolute atomic E-state index is 12.9. The Labute approximate surface area is 130 Å². The second kappa shape index (κ2) is 5.91. The molecule has 0 aromatic heterocycles. The van der Waals surface area contributed by atoms with Crippen LogP contribution in [0.5, 0.6) is 0 Å².